The first-order chi connectivity index (χ1) is 13.5. The largest absolute Gasteiger partial charge is 0.348 e. The lowest BCUT2D eigenvalue weighted by Gasteiger charge is -2.21. The normalized spacial score (nSPS) is 13.2. The maximum absolute atomic E-state index is 12.8. The smallest absolute Gasteiger partial charge is 0.261 e. The van der Waals surface area contributed by atoms with Gasteiger partial charge in [0, 0.05) is 7.05 Å². The number of rotatable bonds is 7. The second-order valence-corrected chi connectivity index (χ2v) is 8.10. The Morgan fingerprint density at radius 1 is 1.14 bits per heavy atom. The van der Waals surface area contributed by atoms with Crippen LogP contribution in [0.4, 0.5) is 0 Å². The predicted molar refractivity (Wildman–Crippen MR) is 115 cm³/mol. The van der Waals surface area contributed by atoms with Gasteiger partial charge in [0.15, 0.2) is 5.16 Å². The van der Waals surface area contributed by atoms with E-state index in [1.165, 1.54) is 16.3 Å². The van der Waals surface area contributed by atoms with E-state index in [1.54, 1.807) is 13.1 Å². The molecular formula is C22H25N3O2S. The minimum atomic E-state index is -0.373. The molecule has 6 heteroatoms. The highest BCUT2D eigenvalue weighted by atomic mass is 32.2. The maximum atomic E-state index is 12.8. The van der Waals surface area contributed by atoms with Gasteiger partial charge in [-0.05, 0) is 31.0 Å². The van der Waals surface area contributed by atoms with E-state index in [4.69, 9.17) is 0 Å². The lowest BCUT2D eigenvalue weighted by atomic mass is 10.0. The summed E-state index contributed by atoms with van der Waals surface area (Å²) in [5, 5.41) is 3.90. The zero-order valence-corrected chi connectivity index (χ0v) is 17.2. The first-order valence-electron chi connectivity index (χ1n) is 9.49. The van der Waals surface area contributed by atoms with Crippen molar-refractivity contribution in [2.45, 2.75) is 43.1 Å². The summed E-state index contributed by atoms with van der Waals surface area (Å²) in [5.74, 6) is -0.0605. The molecule has 0 aliphatic rings. The predicted octanol–water partition coefficient (Wildman–Crippen LogP) is 4.07. The number of thioether (sulfide) groups is 1. The molecule has 28 heavy (non-hydrogen) atoms. The molecule has 0 radical (unpaired) electrons. The maximum Gasteiger partial charge on any atom is 0.261 e. The van der Waals surface area contributed by atoms with Crippen molar-refractivity contribution < 1.29 is 4.79 Å². The van der Waals surface area contributed by atoms with E-state index >= 15 is 0 Å². The van der Waals surface area contributed by atoms with E-state index in [9.17, 15) is 9.59 Å². The molecule has 1 N–H and O–H groups in total. The van der Waals surface area contributed by atoms with Gasteiger partial charge in [-0.25, -0.2) is 4.98 Å². The number of para-hydroxylation sites is 1. The van der Waals surface area contributed by atoms with Crippen molar-refractivity contribution in [2.75, 3.05) is 0 Å². The molecular weight excluding hydrogens is 370 g/mol. The van der Waals surface area contributed by atoms with Gasteiger partial charge >= 0.3 is 0 Å². The summed E-state index contributed by atoms with van der Waals surface area (Å²) in [6.45, 7) is 3.95. The number of carbonyl (C=O) groups is 1. The fraction of sp³-hybridized carbons (Fsp3) is 0.318. The molecule has 0 bridgehead atoms. The first-order valence-corrected chi connectivity index (χ1v) is 10.4. The van der Waals surface area contributed by atoms with Crippen molar-refractivity contribution in [1.29, 1.82) is 0 Å². The average molecular weight is 396 g/mol. The van der Waals surface area contributed by atoms with Crippen LogP contribution in [0.15, 0.2) is 64.5 Å². The number of hydrogen-bond acceptors (Lipinski definition) is 4. The third-order valence-corrected chi connectivity index (χ3v) is 5.83. The van der Waals surface area contributed by atoms with Crippen molar-refractivity contribution in [3.05, 3.63) is 70.5 Å². The number of benzene rings is 2. The lowest BCUT2D eigenvalue weighted by molar-refractivity contribution is -0.121. The van der Waals surface area contributed by atoms with Crippen LogP contribution >= 0.6 is 11.8 Å². The number of nitrogens with one attached hydrogen (secondary N) is 1. The average Bonchev–Trinajstić information content (AvgIpc) is 2.72. The van der Waals surface area contributed by atoms with Crippen LogP contribution in [0.3, 0.4) is 0 Å². The van der Waals surface area contributed by atoms with E-state index in [2.05, 4.69) is 17.2 Å². The van der Waals surface area contributed by atoms with Gasteiger partial charge in [0.2, 0.25) is 5.91 Å². The van der Waals surface area contributed by atoms with Crippen molar-refractivity contribution >= 4 is 28.6 Å². The molecule has 1 heterocycles. The highest BCUT2D eigenvalue weighted by molar-refractivity contribution is 8.00. The molecule has 2 aromatic carbocycles. The minimum absolute atomic E-state index is 0.0184. The van der Waals surface area contributed by atoms with Crippen molar-refractivity contribution in [3.63, 3.8) is 0 Å². The molecule has 3 aromatic rings. The standard InChI is InChI=1S/C22H25N3O2S/c1-4-10-18(16-11-6-5-7-12-16)23-20(26)15(2)28-22-24-19-14-9-8-13-17(19)21(27)25(22)3/h5-9,11-15,18H,4,10H2,1-3H3,(H,23,26). The zero-order chi connectivity index (χ0) is 20.1. The molecule has 1 amide bonds. The summed E-state index contributed by atoms with van der Waals surface area (Å²) in [7, 11) is 1.69. The number of aromatic nitrogens is 2. The Bertz CT molecular complexity index is 1020. The molecule has 0 saturated heterocycles. The van der Waals surface area contributed by atoms with E-state index < -0.39 is 0 Å². The Morgan fingerprint density at radius 2 is 1.82 bits per heavy atom. The molecule has 0 saturated carbocycles. The fourth-order valence-corrected chi connectivity index (χ4v) is 3.98. The van der Waals surface area contributed by atoms with Gasteiger partial charge < -0.3 is 5.32 Å². The van der Waals surface area contributed by atoms with Crippen LogP contribution in [0.1, 0.15) is 38.3 Å². The SMILES string of the molecule is CCCC(NC(=O)C(C)Sc1nc2ccccc2c(=O)n1C)c1ccccc1. The van der Waals surface area contributed by atoms with E-state index in [-0.39, 0.29) is 22.8 Å². The molecule has 0 aliphatic heterocycles. The van der Waals surface area contributed by atoms with Crippen molar-refractivity contribution in [1.82, 2.24) is 14.9 Å². The Balaban J connectivity index is 1.78. The molecule has 1 aromatic heterocycles. The number of fused-ring (bicyclic) bond motifs is 1. The summed E-state index contributed by atoms with van der Waals surface area (Å²) in [6.07, 6.45) is 1.85. The highest BCUT2D eigenvalue weighted by Gasteiger charge is 2.21. The van der Waals surface area contributed by atoms with Gasteiger partial charge in [-0.3, -0.25) is 14.2 Å². The third-order valence-electron chi connectivity index (χ3n) is 4.69. The molecule has 146 valence electrons. The van der Waals surface area contributed by atoms with Crippen LogP contribution in [0.5, 0.6) is 0 Å². The van der Waals surface area contributed by atoms with E-state index in [0.717, 1.165) is 18.4 Å². The van der Waals surface area contributed by atoms with E-state index in [1.807, 2.05) is 55.5 Å². The minimum Gasteiger partial charge on any atom is -0.348 e. The number of hydrogen-bond donors (Lipinski definition) is 1. The summed E-state index contributed by atoms with van der Waals surface area (Å²) in [5.41, 5.74) is 1.65. The zero-order valence-electron chi connectivity index (χ0n) is 16.4. The quantitative estimate of drug-likeness (QED) is 0.484. The molecule has 2 unspecified atom stereocenters. The highest BCUT2D eigenvalue weighted by Crippen LogP contribution is 2.24. The van der Waals surface area contributed by atoms with Crippen LogP contribution in [0.25, 0.3) is 10.9 Å². The van der Waals surface area contributed by atoms with Gasteiger partial charge in [-0.2, -0.15) is 0 Å². The van der Waals surface area contributed by atoms with Gasteiger partial charge in [-0.1, -0.05) is 67.6 Å². The molecule has 0 fully saturated rings. The third kappa shape index (κ3) is 4.44. The molecule has 0 aliphatic carbocycles. The van der Waals surface area contributed by atoms with Crippen LogP contribution in [-0.2, 0) is 11.8 Å². The first kappa shape index (κ1) is 20.1. The Morgan fingerprint density at radius 3 is 2.54 bits per heavy atom. The summed E-state index contributed by atoms with van der Waals surface area (Å²) < 4.78 is 1.51. The molecule has 5 nitrogen and oxygen atoms in total. The van der Waals surface area contributed by atoms with Crippen molar-refractivity contribution in [2.24, 2.45) is 7.05 Å². The Labute approximate surface area is 169 Å². The fourth-order valence-electron chi connectivity index (χ4n) is 3.10. The second kappa shape index (κ2) is 9.06. The van der Waals surface area contributed by atoms with Crippen LogP contribution < -0.4 is 10.9 Å². The van der Waals surface area contributed by atoms with Crippen molar-refractivity contribution in [3.8, 4) is 0 Å². The lowest BCUT2D eigenvalue weighted by Crippen LogP contribution is -2.34. The monoisotopic (exact) mass is 395 g/mol. The van der Waals surface area contributed by atoms with Crippen LogP contribution in [-0.4, -0.2) is 20.7 Å². The Kier molecular flexibility index (Phi) is 6.52. The van der Waals surface area contributed by atoms with Gasteiger partial charge in [0.25, 0.3) is 5.56 Å². The number of carbonyl (C=O) groups excluding carboxylic acids is 1. The van der Waals surface area contributed by atoms with Crippen LogP contribution in [0.2, 0.25) is 0 Å². The topological polar surface area (TPSA) is 64.0 Å². The van der Waals surface area contributed by atoms with Gasteiger partial charge in [-0.15, -0.1) is 0 Å². The summed E-state index contributed by atoms with van der Waals surface area (Å²) in [6, 6.07) is 17.3. The van der Waals surface area contributed by atoms with E-state index in [0.29, 0.717) is 16.1 Å². The van der Waals surface area contributed by atoms with Crippen LogP contribution in [0, 0.1) is 0 Å². The molecule has 2 atom stereocenters. The second-order valence-electron chi connectivity index (χ2n) is 6.80. The molecule has 0 spiro atoms. The number of amides is 1. The van der Waals surface area contributed by atoms with Gasteiger partial charge in [0.05, 0.1) is 22.2 Å². The molecule has 3 rings (SSSR count). The Hall–Kier alpha value is -2.60. The van der Waals surface area contributed by atoms with Gasteiger partial charge in [0.1, 0.15) is 0 Å². The summed E-state index contributed by atoms with van der Waals surface area (Å²) >= 11 is 1.30. The summed E-state index contributed by atoms with van der Waals surface area (Å²) in [4.78, 5) is 30.0. The number of nitrogens with zero attached hydrogens (tertiary/aromatic N) is 2.